The van der Waals surface area contributed by atoms with Gasteiger partial charge in [0.05, 0.1) is 12.2 Å². The number of aliphatic carboxylic acids is 1. The first-order chi connectivity index (χ1) is 15.6. The maximum absolute atomic E-state index is 12.8. The fourth-order valence-corrected chi connectivity index (χ4v) is 10.7. The smallest absolute Gasteiger partial charge is 0.316 e. The predicted octanol–water partition coefficient (Wildman–Crippen LogP) is 6.35. The molecule has 0 bridgehead atoms. The highest BCUT2D eigenvalue weighted by atomic mass is 16.4. The van der Waals surface area contributed by atoms with E-state index in [2.05, 4.69) is 48.5 Å². The lowest BCUT2D eigenvalue weighted by molar-refractivity contribution is -0.211. The third-order valence-electron chi connectivity index (χ3n) is 12.9. The molecule has 34 heavy (non-hydrogen) atoms. The van der Waals surface area contributed by atoms with Crippen LogP contribution in [-0.4, -0.2) is 33.5 Å². The minimum atomic E-state index is -1.09. The highest BCUT2D eigenvalue weighted by Gasteiger charge is 2.69. The lowest BCUT2D eigenvalue weighted by Crippen LogP contribution is -2.65. The van der Waals surface area contributed by atoms with Gasteiger partial charge in [-0.05, 0) is 103 Å². The van der Waals surface area contributed by atoms with Gasteiger partial charge < -0.3 is 15.3 Å². The van der Waals surface area contributed by atoms with Gasteiger partial charge in [-0.1, -0.05) is 59.6 Å². The van der Waals surface area contributed by atoms with Gasteiger partial charge in [-0.25, -0.2) is 0 Å². The second-order valence-corrected chi connectivity index (χ2v) is 15.1. The van der Waals surface area contributed by atoms with E-state index in [0.29, 0.717) is 24.7 Å². The molecule has 4 saturated carbocycles. The molecule has 3 N–H and O–H groups in total. The number of carbonyl (C=O) groups is 1. The molecule has 0 spiro atoms. The van der Waals surface area contributed by atoms with Crippen LogP contribution in [0.25, 0.3) is 0 Å². The zero-order valence-electron chi connectivity index (χ0n) is 22.6. The molecule has 5 aliphatic carbocycles. The number of aliphatic hydroxyl groups is 2. The Hall–Kier alpha value is -0.870. The van der Waals surface area contributed by atoms with Gasteiger partial charge in [0.15, 0.2) is 0 Å². The van der Waals surface area contributed by atoms with Crippen molar-refractivity contribution in [3.05, 3.63) is 11.1 Å². The van der Waals surface area contributed by atoms with E-state index >= 15 is 0 Å². The van der Waals surface area contributed by atoms with Gasteiger partial charge >= 0.3 is 5.97 Å². The minimum absolute atomic E-state index is 0.0322. The third-order valence-corrected chi connectivity index (χ3v) is 12.9. The molecule has 0 heterocycles. The van der Waals surface area contributed by atoms with Crippen LogP contribution in [0.4, 0.5) is 0 Å². The van der Waals surface area contributed by atoms with E-state index in [9.17, 15) is 20.1 Å². The van der Waals surface area contributed by atoms with Crippen LogP contribution < -0.4 is 0 Å². The third kappa shape index (κ3) is 2.82. The summed E-state index contributed by atoms with van der Waals surface area (Å²) in [6.07, 6.45) is 7.92. The molecule has 0 aliphatic heterocycles. The van der Waals surface area contributed by atoms with Gasteiger partial charge in [0, 0.05) is 0 Å². The van der Waals surface area contributed by atoms with Gasteiger partial charge in [-0.3, -0.25) is 4.79 Å². The van der Waals surface area contributed by atoms with Crippen molar-refractivity contribution >= 4 is 5.97 Å². The molecule has 8 atom stereocenters. The average Bonchev–Trinajstić information content (AvgIpc) is 2.71. The predicted molar refractivity (Wildman–Crippen MR) is 134 cm³/mol. The lowest BCUT2D eigenvalue weighted by atomic mass is 9.34. The van der Waals surface area contributed by atoms with Gasteiger partial charge in [0.2, 0.25) is 0 Å². The number of aliphatic hydroxyl groups excluding tert-OH is 2. The van der Waals surface area contributed by atoms with Crippen LogP contribution in [0.15, 0.2) is 11.1 Å². The van der Waals surface area contributed by atoms with Crippen LogP contribution in [0.1, 0.15) is 113 Å². The van der Waals surface area contributed by atoms with Crippen LogP contribution in [0.2, 0.25) is 0 Å². The molecule has 4 fully saturated rings. The Kier molecular flexibility index (Phi) is 5.20. The summed E-state index contributed by atoms with van der Waals surface area (Å²) in [7, 11) is 0. The number of carboxylic acid groups (broad SMARTS) is 1. The Labute approximate surface area is 206 Å². The summed E-state index contributed by atoms with van der Waals surface area (Å²) in [4.78, 5) is 12.8. The van der Waals surface area contributed by atoms with Crippen LogP contribution in [0, 0.1) is 44.3 Å². The maximum atomic E-state index is 12.8. The first-order valence-electron chi connectivity index (χ1n) is 13.9. The summed E-state index contributed by atoms with van der Waals surface area (Å²) in [6.45, 7) is 16.4. The number of fused-ring (bicyclic) bond motifs is 6. The maximum Gasteiger partial charge on any atom is 0.316 e. The number of hydrogen-bond donors (Lipinski definition) is 3. The van der Waals surface area contributed by atoms with Crippen LogP contribution >= 0.6 is 0 Å². The quantitative estimate of drug-likeness (QED) is 0.389. The largest absolute Gasteiger partial charge is 0.481 e. The monoisotopic (exact) mass is 472 g/mol. The number of rotatable bonds is 1. The first-order valence-corrected chi connectivity index (χ1v) is 13.9. The summed E-state index contributed by atoms with van der Waals surface area (Å²) in [5, 5.41) is 33.1. The number of allylic oxidation sites excluding steroid dienone is 1. The zero-order chi connectivity index (χ0) is 25.1. The van der Waals surface area contributed by atoms with Crippen molar-refractivity contribution in [1.82, 2.24) is 0 Å². The van der Waals surface area contributed by atoms with Crippen molar-refractivity contribution in [2.24, 2.45) is 44.3 Å². The molecular weight excluding hydrogens is 424 g/mol. The molecule has 0 aromatic rings. The average molecular weight is 473 g/mol. The molecule has 0 aromatic carbocycles. The molecule has 0 radical (unpaired) electrons. The van der Waals surface area contributed by atoms with Gasteiger partial charge in [-0.15, -0.1) is 0 Å². The summed E-state index contributed by atoms with van der Waals surface area (Å²) in [5.74, 6) is 0.215. The normalized spacial score (nSPS) is 51.6. The van der Waals surface area contributed by atoms with Crippen molar-refractivity contribution in [2.45, 2.75) is 125 Å². The van der Waals surface area contributed by atoms with E-state index < -0.39 is 17.5 Å². The van der Waals surface area contributed by atoms with E-state index in [0.717, 1.165) is 56.9 Å². The number of carboxylic acids is 1. The Bertz CT molecular complexity index is 932. The van der Waals surface area contributed by atoms with Gasteiger partial charge in [-0.2, -0.15) is 0 Å². The highest BCUT2D eigenvalue weighted by Crippen LogP contribution is 2.75. The van der Waals surface area contributed by atoms with E-state index in [1.54, 1.807) is 0 Å². The molecular formula is C30H48O4. The second-order valence-electron chi connectivity index (χ2n) is 15.1. The Morgan fingerprint density at radius 3 is 2.12 bits per heavy atom. The minimum Gasteiger partial charge on any atom is -0.481 e. The standard InChI is InChI=1S/C30H48O4/c1-25(2)14-15-30(24(33)34)19(16-25)18-8-9-21-27(5)12-11-22(31)26(3,4)20(27)10-13-28(21,6)29(18,7)17-23(30)32/h20-23,31-32H,8-17H2,1-7H3,(H,33,34)/t20-,21+,22-,23+,27-,28+,29+,30+/m0/s1. The van der Waals surface area contributed by atoms with Gasteiger partial charge in [0.1, 0.15) is 5.41 Å². The van der Waals surface area contributed by atoms with E-state index in [1.807, 2.05) is 0 Å². The van der Waals surface area contributed by atoms with Crippen LogP contribution in [0.5, 0.6) is 0 Å². The molecule has 0 aromatic heterocycles. The van der Waals surface area contributed by atoms with Crippen molar-refractivity contribution in [2.75, 3.05) is 0 Å². The zero-order valence-corrected chi connectivity index (χ0v) is 22.6. The lowest BCUT2D eigenvalue weighted by Gasteiger charge is -2.71. The first kappa shape index (κ1) is 24.8. The Morgan fingerprint density at radius 1 is 0.794 bits per heavy atom. The van der Waals surface area contributed by atoms with Crippen molar-refractivity contribution in [3.8, 4) is 0 Å². The van der Waals surface area contributed by atoms with Gasteiger partial charge in [0.25, 0.3) is 0 Å². The molecule has 192 valence electrons. The van der Waals surface area contributed by atoms with Crippen molar-refractivity contribution in [3.63, 3.8) is 0 Å². The summed E-state index contributed by atoms with van der Waals surface area (Å²) in [5.41, 5.74) is 1.41. The fraction of sp³-hybridized carbons (Fsp3) is 0.900. The second kappa shape index (κ2) is 7.12. The van der Waals surface area contributed by atoms with Crippen LogP contribution in [-0.2, 0) is 4.79 Å². The Balaban J connectivity index is 1.65. The van der Waals surface area contributed by atoms with E-state index in [1.165, 1.54) is 5.57 Å². The fourth-order valence-electron chi connectivity index (χ4n) is 10.7. The molecule has 4 heteroatoms. The number of hydrogen-bond acceptors (Lipinski definition) is 3. The summed E-state index contributed by atoms with van der Waals surface area (Å²) in [6, 6.07) is 0. The molecule has 0 amide bonds. The SMILES string of the molecule is CC1(C)CC[C@@]2(C(=O)O)C(=C3CC[C@@H]4[C@@]5(C)CC[C@H](O)C(C)(C)[C@@H]5CC[C@@]4(C)[C@]3(C)C[C@H]2O)C1. The Morgan fingerprint density at radius 2 is 1.47 bits per heavy atom. The molecule has 5 rings (SSSR count). The van der Waals surface area contributed by atoms with E-state index in [4.69, 9.17) is 0 Å². The molecule has 0 saturated heterocycles. The van der Waals surface area contributed by atoms with Crippen molar-refractivity contribution < 1.29 is 20.1 Å². The van der Waals surface area contributed by atoms with E-state index in [-0.39, 0.29) is 33.2 Å². The summed E-state index contributed by atoms with van der Waals surface area (Å²) >= 11 is 0. The topological polar surface area (TPSA) is 77.8 Å². The molecule has 5 aliphatic rings. The molecule has 0 unspecified atom stereocenters. The highest BCUT2D eigenvalue weighted by molar-refractivity contribution is 5.81. The summed E-state index contributed by atoms with van der Waals surface area (Å²) < 4.78 is 0. The van der Waals surface area contributed by atoms with Crippen molar-refractivity contribution in [1.29, 1.82) is 0 Å². The molecule has 4 nitrogen and oxygen atoms in total. The van der Waals surface area contributed by atoms with Crippen LogP contribution in [0.3, 0.4) is 0 Å².